The number of thioether (sulfide) groups is 1. The van der Waals surface area contributed by atoms with Crippen LogP contribution in [0.1, 0.15) is 4.88 Å². The molecule has 0 atom stereocenters. The molecule has 0 spiro atoms. The van der Waals surface area contributed by atoms with Crippen molar-refractivity contribution in [1.82, 2.24) is 4.98 Å². The first kappa shape index (κ1) is 7.57. The third-order valence-electron chi connectivity index (χ3n) is 0.812. The molecule has 4 heteroatoms. The van der Waals surface area contributed by atoms with E-state index in [-0.39, 0.29) is 0 Å². The highest BCUT2D eigenvalue weighted by Gasteiger charge is 1.95. The number of halogens is 1. The number of hydrogen-bond acceptors (Lipinski definition) is 3. The molecule has 50 valence electrons. The van der Waals surface area contributed by atoms with Gasteiger partial charge in [0, 0.05) is 16.8 Å². The minimum absolute atomic E-state index is 0.978. The molecule has 0 unspecified atom stereocenters. The zero-order valence-electron chi connectivity index (χ0n) is 4.93. The van der Waals surface area contributed by atoms with Crippen LogP contribution in [0.5, 0.6) is 0 Å². The van der Waals surface area contributed by atoms with Gasteiger partial charge in [0.15, 0.2) is 3.92 Å². The molecule has 0 N–H and O–H groups in total. The van der Waals surface area contributed by atoms with Crippen LogP contribution in [0.2, 0.25) is 0 Å². The molecule has 0 fully saturated rings. The second-order valence-electron chi connectivity index (χ2n) is 1.51. The fourth-order valence-corrected chi connectivity index (χ4v) is 2.59. The van der Waals surface area contributed by atoms with Crippen LogP contribution in [-0.2, 0) is 5.75 Å². The SMILES string of the molecule is CSCc1cnc(Br)s1. The van der Waals surface area contributed by atoms with E-state index in [4.69, 9.17) is 0 Å². The van der Waals surface area contributed by atoms with Crippen LogP contribution in [-0.4, -0.2) is 11.2 Å². The second kappa shape index (κ2) is 3.58. The highest BCUT2D eigenvalue weighted by Crippen LogP contribution is 2.21. The number of rotatable bonds is 2. The Kier molecular flexibility index (Phi) is 3.01. The quantitative estimate of drug-likeness (QED) is 0.766. The van der Waals surface area contributed by atoms with Crippen molar-refractivity contribution in [3.63, 3.8) is 0 Å². The highest BCUT2D eigenvalue weighted by molar-refractivity contribution is 9.11. The van der Waals surface area contributed by atoms with Gasteiger partial charge in [0.25, 0.3) is 0 Å². The summed E-state index contributed by atoms with van der Waals surface area (Å²) in [7, 11) is 0. The van der Waals surface area contributed by atoms with E-state index in [0.717, 1.165) is 9.67 Å². The Bertz CT molecular complexity index is 187. The maximum Gasteiger partial charge on any atom is 0.159 e. The van der Waals surface area contributed by atoms with Crippen LogP contribution in [0.15, 0.2) is 10.1 Å². The average molecular weight is 224 g/mol. The van der Waals surface area contributed by atoms with Crippen LogP contribution in [0.25, 0.3) is 0 Å². The van der Waals surface area contributed by atoms with Crippen molar-refractivity contribution in [3.8, 4) is 0 Å². The normalized spacial score (nSPS) is 10.0. The lowest BCUT2D eigenvalue weighted by Crippen LogP contribution is -1.66. The van der Waals surface area contributed by atoms with Gasteiger partial charge in [0.1, 0.15) is 0 Å². The van der Waals surface area contributed by atoms with Gasteiger partial charge in [-0.15, -0.1) is 11.3 Å². The van der Waals surface area contributed by atoms with Gasteiger partial charge in [0.2, 0.25) is 0 Å². The molecule has 0 aliphatic heterocycles. The van der Waals surface area contributed by atoms with Crippen molar-refractivity contribution in [2.24, 2.45) is 0 Å². The Hall–Kier alpha value is 0.460. The summed E-state index contributed by atoms with van der Waals surface area (Å²) in [6.07, 6.45) is 4.00. The lowest BCUT2D eigenvalue weighted by atomic mass is 10.6. The van der Waals surface area contributed by atoms with Crippen molar-refractivity contribution < 1.29 is 0 Å². The number of hydrogen-bond donors (Lipinski definition) is 0. The smallest absolute Gasteiger partial charge is 0.159 e. The average Bonchev–Trinajstić information content (AvgIpc) is 2.17. The molecule has 1 aromatic rings. The van der Waals surface area contributed by atoms with E-state index in [9.17, 15) is 0 Å². The minimum atomic E-state index is 0.978. The summed E-state index contributed by atoms with van der Waals surface area (Å²) >= 11 is 6.81. The molecule has 0 aliphatic carbocycles. The van der Waals surface area contributed by atoms with Gasteiger partial charge in [-0.1, -0.05) is 0 Å². The number of nitrogens with zero attached hydrogens (tertiary/aromatic N) is 1. The van der Waals surface area contributed by atoms with Crippen LogP contribution in [0, 0.1) is 0 Å². The van der Waals surface area contributed by atoms with Crippen molar-refractivity contribution in [1.29, 1.82) is 0 Å². The first-order valence-electron chi connectivity index (χ1n) is 2.42. The fraction of sp³-hybridized carbons (Fsp3) is 0.400. The standard InChI is InChI=1S/C5H6BrNS2/c1-8-3-4-2-7-5(6)9-4/h2H,3H2,1H3. The van der Waals surface area contributed by atoms with Crippen molar-refractivity contribution in [2.75, 3.05) is 6.26 Å². The van der Waals surface area contributed by atoms with Gasteiger partial charge in [-0.25, -0.2) is 4.98 Å². The molecule has 1 aromatic heterocycles. The number of thiazole rings is 1. The van der Waals surface area contributed by atoms with Crippen molar-refractivity contribution >= 4 is 39.0 Å². The summed E-state index contributed by atoms with van der Waals surface area (Å²) in [6, 6.07) is 0. The molecular weight excluding hydrogens is 218 g/mol. The Morgan fingerprint density at radius 1 is 1.89 bits per heavy atom. The van der Waals surface area contributed by atoms with E-state index in [1.54, 1.807) is 11.3 Å². The van der Waals surface area contributed by atoms with Gasteiger partial charge < -0.3 is 0 Å². The minimum Gasteiger partial charge on any atom is -0.237 e. The zero-order chi connectivity index (χ0) is 6.69. The third-order valence-corrected chi connectivity index (χ3v) is 3.07. The molecule has 0 amide bonds. The third kappa shape index (κ3) is 2.27. The maximum atomic E-state index is 4.06. The summed E-state index contributed by atoms with van der Waals surface area (Å²) in [6.45, 7) is 0. The van der Waals surface area contributed by atoms with E-state index in [2.05, 4.69) is 27.2 Å². The van der Waals surface area contributed by atoms with Gasteiger partial charge in [-0.2, -0.15) is 11.8 Å². The first-order chi connectivity index (χ1) is 4.33. The van der Waals surface area contributed by atoms with E-state index in [0.29, 0.717) is 0 Å². The molecule has 0 aliphatic rings. The van der Waals surface area contributed by atoms with Gasteiger partial charge in [0.05, 0.1) is 0 Å². The van der Waals surface area contributed by atoms with Crippen LogP contribution in [0.3, 0.4) is 0 Å². The molecule has 0 saturated heterocycles. The summed E-state index contributed by atoms with van der Waals surface area (Å²) in [4.78, 5) is 5.39. The summed E-state index contributed by atoms with van der Waals surface area (Å²) in [5, 5.41) is 0. The lowest BCUT2D eigenvalue weighted by Gasteiger charge is -1.85. The van der Waals surface area contributed by atoms with Crippen LogP contribution in [0.4, 0.5) is 0 Å². The number of aromatic nitrogens is 1. The lowest BCUT2D eigenvalue weighted by molar-refractivity contribution is 1.34. The monoisotopic (exact) mass is 223 g/mol. The van der Waals surface area contributed by atoms with E-state index in [1.165, 1.54) is 4.88 Å². The Morgan fingerprint density at radius 3 is 3.11 bits per heavy atom. The van der Waals surface area contributed by atoms with E-state index in [1.807, 2.05) is 18.0 Å². The Morgan fingerprint density at radius 2 is 2.67 bits per heavy atom. The second-order valence-corrected chi connectivity index (χ2v) is 4.77. The summed E-state index contributed by atoms with van der Waals surface area (Å²) in [5.41, 5.74) is 0. The van der Waals surface area contributed by atoms with Crippen molar-refractivity contribution in [2.45, 2.75) is 5.75 Å². The molecule has 1 nitrogen and oxygen atoms in total. The van der Waals surface area contributed by atoms with Crippen LogP contribution < -0.4 is 0 Å². The molecule has 9 heavy (non-hydrogen) atoms. The largest absolute Gasteiger partial charge is 0.237 e. The predicted octanol–water partition coefficient (Wildman–Crippen LogP) is 2.77. The Labute approximate surface area is 71.0 Å². The maximum absolute atomic E-state index is 4.06. The fourth-order valence-electron chi connectivity index (χ4n) is 0.493. The van der Waals surface area contributed by atoms with Crippen LogP contribution >= 0.6 is 39.0 Å². The van der Waals surface area contributed by atoms with E-state index >= 15 is 0 Å². The van der Waals surface area contributed by atoms with Gasteiger partial charge in [-0.05, 0) is 22.2 Å². The summed E-state index contributed by atoms with van der Waals surface area (Å²) < 4.78 is 0.978. The highest BCUT2D eigenvalue weighted by atomic mass is 79.9. The van der Waals surface area contributed by atoms with E-state index < -0.39 is 0 Å². The molecule has 0 bridgehead atoms. The first-order valence-corrected chi connectivity index (χ1v) is 5.42. The topological polar surface area (TPSA) is 12.9 Å². The summed E-state index contributed by atoms with van der Waals surface area (Å²) in [5.74, 6) is 1.07. The Balaban J connectivity index is 2.61. The van der Waals surface area contributed by atoms with Gasteiger partial charge >= 0.3 is 0 Å². The molecule has 1 heterocycles. The molecule has 0 radical (unpaired) electrons. The molecule has 0 aromatic carbocycles. The molecule has 0 saturated carbocycles. The molecular formula is C5H6BrNS2. The van der Waals surface area contributed by atoms with Crippen molar-refractivity contribution in [3.05, 3.63) is 15.0 Å². The predicted molar refractivity (Wildman–Crippen MR) is 47.0 cm³/mol. The molecule has 1 rings (SSSR count). The van der Waals surface area contributed by atoms with Gasteiger partial charge in [-0.3, -0.25) is 0 Å². The zero-order valence-corrected chi connectivity index (χ0v) is 8.15.